The fourth-order valence-corrected chi connectivity index (χ4v) is 4.32. The topological polar surface area (TPSA) is 67.9 Å². The number of carbonyl (C=O) groups excluding carboxylic acids is 2. The normalized spacial score (nSPS) is 14.6. The maximum Gasteiger partial charge on any atom is 0.268 e. The van der Waals surface area contributed by atoms with Crippen molar-refractivity contribution in [2.24, 2.45) is 0 Å². The lowest BCUT2D eigenvalue weighted by atomic mass is 10.1. The average Bonchev–Trinajstić information content (AvgIpc) is 2.96. The van der Waals surface area contributed by atoms with Gasteiger partial charge in [0, 0.05) is 16.8 Å². The van der Waals surface area contributed by atoms with Crippen LogP contribution in [0.25, 0.3) is 6.08 Å². The SMILES string of the molecule is CC1Oc2ccc(NC(=O)/C=C/c3ccc(OCc4ccccc4)cc3)cc2N(Cc2ccc(Cl)cc2)C1=O. The Morgan fingerprint density at radius 1 is 0.974 bits per heavy atom. The second-order valence-corrected chi connectivity index (χ2v) is 9.60. The van der Waals surface area contributed by atoms with Crippen LogP contribution in [-0.4, -0.2) is 17.9 Å². The van der Waals surface area contributed by atoms with Gasteiger partial charge in [0.25, 0.3) is 5.91 Å². The van der Waals surface area contributed by atoms with E-state index >= 15 is 0 Å². The molecule has 5 rings (SSSR count). The zero-order valence-electron chi connectivity index (χ0n) is 21.3. The number of carbonyl (C=O) groups is 2. The molecule has 0 saturated carbocycles. The van der Waals surface area contributed by atoms with E-state index in [4.69, 9.17) is 21.1 Å². The van der Waals surface area contributed by atoms with Crippen LogP contribution in [0.15, 0.2) is 103 Å². The van der Waals surface area contributed by atoms with E-state index in [0.29, 0.717) is 35.3 Å². The van der Waals surface area contributed by atoms with Crippen molar-refractivity contribution in [3.8, 4) is 11.5 Å². The van der Waals surface area contributed by atoms with Gasteiger partial charge in [-0.1, -0.05) is 66.2 Å². The van der Waals surface area contributed by atoms with Crippen molar-refractivity contribution in [1.82, 2.24) is 0 Å². The van der Waals surface area contributed by atoms with E-state index in [9.17, 15) is 9.59 Å². The maximum atomic E-state index is 13.0. The van der Waals surface area contributed by atoms with E-state index < -0.39 is 6.10 Å². The van der Waals surface area contributed by atoms with Crippen LogP contribution in [0.4, 0.5) is 11.4 Å². The van der Waals surface area contributed by atoms with Crippen LogP contribution in [0, 0.1) is 0 Å². The zero-order chi connectivity index (χ0) is 27.2. The fourth-order valence-electron chi connectivity index (χ4n) is 4.19. The van der Waals surface area contributed by atoms with Crippen LogP contribution in [0.3, 0.4) is 0 Å². The molecule has 0 aliphatic carbocycles. The highest BCUT2D eigenvalue weighted by Crippen LogP contribution is 2.37. The molecule has 2 amide bonds. The highest BCUT2D eigenvalue weighted by atomic mass is 35.5. The summed E-state index contributed by atoms with van der Waals surface area (Å²) >= 11 is 6.01. The Morgan fingerprint density at radius 3 is 2.46 bits per heavy atom. The van der Waals surface area contributed by atoms with Crippen LogP contribution in [0.1, 0.15) is 23.6 Å². The van der Waals surface area contributed by atoms with E-state index in [0.717, 1.165) is 22.4 Å². The minimum Gasteiger partial charge on any atom is -0.489 e. The van der Waals surface area contributed by atoms with Crippen LogP contribution in [-0.2, 0) is 22.7 Å². The summed E-state index contributed by atoms with van der Waals surface area (Å²) in [6.45, 7) is 2.58. The molecule has 0 saturated heterocycles. The van der Waals surface area contributed by atoms with Crippen molar-refractivity contribution in [1.29, 1.82) is 0 Å². The number of halogens is 1. The van der Waals surface area contributed by atoms with Gasteiger partial charge < -0.3 is 19.7 Å². The first-order valence-corrected chi connectivity index (χ1v) is 12.9. The van der Waals surface area contributed by atoms with Crippen molar-refractivity contribution in [3.05, 3.63) is 125 Å². The highest BCUT2D eigenvalue weighted by molar-refractivity contribution is 6.30. The smallest absolute Gasteiger partial charge is 0.268 e. The van der Waals surface area contributed by atoms with E-state index in [1.807, 2.05) is 66.7 Å². The molecule has 4 aromatic rings. The Balaban J connectivity index is 1.23. The van der Waals surface area contributed by atoms with Crippen molar-refractivity contribution < 1.29 is 19.1 Å². The molecule has 0 radical (unpaired) electrons. The molecule has 39 heavy (non-hydrogen) atoms. The molecule has 0 aromatic heterocycles. The summed E-state index contributed by atoms with van der Waals surface area (Å²) < 4.78 is 11.6. The number of fused-ring (bicyclic) bond motifs is 1. The third-order valence-electron chi connectivity index (χ3n) is 6.24. The number of amides is 2. The molecule has 196 valence electrons. The summed E-state index contributed by atoms with van der Waals surface area (Å²) in [5.41, 5.74) is 4.05. The van der Waals surface area contributed by atoms with Crippen LogP contribution < -0.4 is 19.7 Å². The lowest BCUT2D eigenvalue weighted by molar-refractivity contribution is -0.125. The Bertz CT molecular complexity index is 1490. The molecular formula is C32H27ClN2O4. The number of benzene rings is 4. The molecule has 0 spiro atoms. The Hall–Kier alpha value is -4.55. The van der Waals surface area contributed by atoms with Gasteiger partial charge in [-0.05, 0) is 72.2 Å². The van der Waals surface area contributed by atoms with Gasteiger partial charge in [0.05, 0.1) is 12.2 Å². The van der Waals surface area contributed by atoms with Gasteiger partial charge in [-0.15, -0.1) is 0 Å². The monoisotopic (exact) mass is 538 g/mol. The van der Waals surface area contributed by atoms with Crippen LogP contribution in [0.2, 0.25) is 5.02 Å². The molecule has 4 aromatic carbocycles. The van der Waals surface area contributed by atoms with Gasteiger partial charge in [-0.25, -0.2) is 0 Å². The minimum atomic E-state index is -0.608. The van der Waals surface area contributed by atoms with Gasteiger partial charge in [-0.3, -0.25) is 9.59 Å². The Labute approximate surface area is 232 Å². The molecule has 1 aliphatic heterocycles. The van der Waals surface area contributed by atoms with E-state index in [1.54, 1.807) is 48.2 Å². The number of hydrogen-bond donors (Lipinski definition) is 1. The van der Waals surface area contributed by atoms with Crippen LogP contribution in [0.5, 0.6) is 11.5 Å². The van der Waals surface area contributed by atoms with Gasteiger partial charge >= 0.3 is 0 Å². The largest absolute Gasteiger partial charge is 0.489 e. The molecule has 1 atom stereocenters. The molecule has 0 fully saturated rings. The molecule has 1 heterocycles. The zero-order valence-corrected chi connectivity index (χ0v) is 22.1. The number of hydrogen-bond acceptors (Lipinski definition) is 4. The summed E-state index contributed by atoms with van der Waals surface area (Å²) in [6.07, 6.45) is 2.59. The predicted molar refractivity (Wildman–Crippen MR) is 154 cm³/mol. The third kappa shape index (κ3) is 6.67. The van der Waals surface area contributed by atoms with Gasteiger partial charge in [0.2, 0.25) is 5.91 Å². The summed E-state index contributed by atoms with van der Waals surface area (Å²) in [4.78, 5) is 27.3. The number of nitrogens with one attached hydrogen (secondary N) is 1. The molecular weight excluding hydrogens is 512 g/mol. The predicted octanol–water partition coefficient (Wildman–Crippen LogP) is 6.89. The second-order valence-electron chi connectivity index (χ2n) is 9.16. The van der Waals surface area contributed by atoms with Crippen molar-refractivity contribution in [3.63, 3.8) is 0 Å². The Kier molecular flexibility index (Phi) is 7.94. The standard InChI is InChI=1S/C32H27ClN2O4/c1-22-32(37)35(20-24-7-12-26(33)13-8-24)29-19-27(14-17-30(29)39-22)34-31(36)18-11-23-9-15-28(16-10-23)38-21-25-5-3-2-4-6-25/h2-19,22H,20-21H2,1H3,(H,34,36)/b18-11+. The molecule has 0 bridgehead atoms. The van der Waals surface area contributed by atoms with E-state index in [-0.39, 0.29) is 11.8 Å². The second kappa shape index (κ2) is 11.9. The van der Waals surface area contributed by atoms with Crippen molar-refractivity contribution in [2.75, 3.05) is 10.2 Å². The first-order chi connectivity index (χ1) is 18.9. The molecule has 1 aliphatic rings. The van der Waals surface area contributed by atoms with Gasteiger partial charge in [-0.2, -0.15) is 0 Å². The van der Waals surface area contributed by atoms with Crippen molar-refractivity contribution >= 4 is 40.9 Å². The summed E-state index contributed by atoms with van der Waals surface area (Å²) in [5, 5.41) is 3.50. The molecule has 1 unspecified atom stereocenters. The number of nitrogens with zero attached hydrogens (tertiary/aromatic N) is 1. The summed E-state index contributed by atoms with van der Waals surface area (Å²) in [7, 11) is 0. The molecule has 6 nitrogen and oxygen atoms in total. The average molecular weight is 539 g/mol. The number of ether oxygens (including phenoxy) is 2. The number of rotatable bonds is 8. The van der Waals surface area contributed by atoms with E-state index in [2.05, 4.69) is 5.32 Å². The lowest BCUT2D eigenvalue weighted by Crippen LogP contribution is -2.44. The first kappa shape index (κ1) is 26.1. The molecule has 7 heteroatoms. The summed E-state index contributed by atoms with van der Waals surface area (Å²) in [6, 6.07) is 30.1. The number of anilines is 2. The minimum absolute atomic E-state index is 0.156. The van der Waals surface area contributed by atoms with Crippen molar-refractivity contribution in [2.45, 2.75) is 26.2 Å². The third-order valence-corrected chi connectivity index (χ3v) is 6.50. The molecule has 1 N–H and O–H groups in total. The lowest BCUT2D eigenvalue weighted by Gasteiger charge is -2.33. The highest BCUT2D eigenvalue weighted by Gasteiger charge is 2.31. The maximum absolute atomic E-state index is 13.0. The Morgan fingerprint density at radius 2 is 1.72 bits per heavy atom. The summed E-state index contributed by atoms with van der Waals surface area (Å²) in [5.74, 6) is 0.889. The van der Waals surface area contributed by atoms with Gasteiger partial charge in [0.1, 0.15) is 18.1 Å². The first-order valence-electron chi connectivity index (χ1n) is 12.6. The fraction of sp³-hybridized carbons (Fsp3) is 0.125. The van der Waals surface area contributed by atoms with Crippen LogP contribution >= 0.6 is 11.6 Å². The quantitative estimate of drug-likeness (QED) is 0.248. The van der Waals surface area contributed by atoms with Gasteiger partial charge in [0.15, 0.2) is 6.10 Å². The van der Waals surface area contributed by atoms with E-state index in [1.165, 1.54) is 6.08 Å².